The first kappa shape index (κ1) is 13.4. The zero-order chi connectivity index (χ0) is 10.8. The largest absolute Gasteiger partial charge is 0.393 e. The lowest BCUT2D eigenvalue weighted by molar-refractivity contribution is -0.121. The molecule has 0 heterocycles. The highest BCUT2D eigenvalue weighted by atomic mass is 16.5. The van der Waals surface area contributed by atoms with E-state index in [4.69, 9.17) is 4.74 Å². The number of amides is 1. The van der Waals surface area contributed by atoms with Gasteiger partial charge in [0.2, 0.25) is 5.91 Å². The van der Waals surface area contributed by atoms with Crippen molar-refractivity contribution in [2.45, 2.75) is 38.7 Å². The molecule has 0 aliphatic heterocycles. The first-order valence-corrected chi connectivity index (χ1v) is 5.14. The van der Waals surface area contributed by atoms with Gasteiger partial charge in [-0.2, -0.15) is 0 Å². The maximum absolute atomic E-state index is 11.1. The van der Waals surface area contributed by atoms with Gasteiger partial charge in [0, 0.05) is 26.7 Å². The van der Waals surface area contributed by atoms with E-state index in [1.807, 2.05) is 6.92 Å². The Balaban J connectivity index is 3.26. The molecule has 0 saturated heterocycles. The van der Waals surface area contributed by atoms with Crippen molar-refractivity contribution in [1.29, 1.82) is 0 Å². The Labute approximate surface area is 85.6 Å². The highest BCUT2D eigenvalue weighted by Gasteiger charge is 2.03. The fraction of sp³-hybridized carbons (Fsp3) is 0.900. The van der Waals surface area contributed by atoms with Crippen molar-refractivity contribution in [3.63, 3.8) is 0 Å². The summed E-state index contributed by atoms with van der Waals surface area (Å²) in [6, 6.07) is 0. The van der Waals surface area contributed by atoms with Gasteiger partial charge in [-0.15, -0.1) is 0 Å². The van der Waals surface area contributed by atoms with Crippen molar-refractivity contribution < 1.29 is 14.6 Å². The van der Waals surface area contributed by atoms with E-state index in [0.29, 0.717) is 26.0 Å². The zero-order valence-corrected chi connectivity index (χ0v) is 9.08. The molecule has 0 rings (SSSR count). The topological polar surface area (TPSA) is 58.6 Å². The minimum atomic E-state index is -0.297. The molecule has 4 heteroatoms. The zero-order valence-electron chi connectivity index (χ0n) is 9.08. The minimum absolute atomic E-state index is 0.0327. The highest BCUT2D eigenvalue weighted by Crippen LogP contribution is 1.95. The molecule has 14 heavy (non-hydrogen) atoms. The lowest BCUT2D eigenvalue weighted by Crippen LogP contribution is -2.26. The average molecular weight is 203 g/mol. The molecule has 0 aromatic heterocycles. The van der Waals surface area contributed by atoms with Crippen LogP contribution in [0.15, 0.2) is 0 Å². The number of methoxy groups -OCH3 is 1. The fourth-order valence-corrected chi connectivity index (χ4v) is 1.05. The average Bonchev–Trinajstić information content (AvgIpc) is 2.18. The van der Waals surface area contributed by atoms with Crippen LogP contribution in [0.5, 0.6) is 0 Å². The molecule has 0 aromatic rings. The molecule has 4 nitrogen and oxygen atoms in total. The molecule has 0 aliphatic carbocycles. The van der Waals surface area contributed by atoms with Gasteiger partial charge in [0.1, 0.15) is 0 Å². The van der Waals surface area contributed by atoms with Gasteiger partial charge in [-0.25, -0.2) is 0 Å². The van der Waals surface area contributed by atoms with Gasteiger partial charge in [-0.3, -0.25) is 4.79 Å². The van der Waals surface area contributed by atoms with Gasteiger partial charge in [0.15, 0.2) is 0 Å². The predicted octanol–water partition coefficient (Wildman–Crippen LogP) is 0.690. The standard InChI is InChI=1S/C10H21NO3/c1-3-9(12)6-7-11-10(13)5-4-8-14-2/h9,12H,3-8H2,1-2H3,(H,11,13). The lowest BCUT2D eigenvalue weighted by Gasteiger charge is -2.08. The summed E-state index contributed by atoms with van der Waals surface area (Å²) in [5.74, 6) is 0.0327. The number of carbonyl (C=O) groups excluding carboxylic acids is 1. The van der Waals surface area contributed by atoms with E-state index in [9.17, 15) is 9.90 Å². The molecule has 0 bridgehead atoms. The van der Waals surface area contributed by atoms with E-state index in [2.05, 4.69) is 5.32 Å². The van der Waals surface area contributed by atoms with Crippen molar-refractivity contribution in [2.75, 3.05) is 20.3 Å². The van der Waals surface area contributed by atoms with Crippen LogP contribution >= 0.6 is 0 Å². The van der Waals surface area contributed by atoms with Gasteiger partial charge in [-0.05, 0) is 19.3 Å². The van der Waals surface area contributed by atoms with Crippen molar-refractivity contribution in [3.05, 3.63) is 0 Å². The normalized spacial score (nSPS) is 12.5. The molecular formula is C10H21NO3. The van der Waals surface area contributed by atoms with Crippen LogP contribution in [0.4, 0.5) is 0 Å². The van der Waals surface area contributed by atoms with Crippen molar-refractivity contribution in [2.24, 2.45) is 0 Å². The van der Waals surface area contributed by atoms with Crippen LogP contribution in [0.1, 0.15) is 32.6 Å². The van der Waals surface area contributed by atoms with Crippen LogP contribution in [0, 0.1) is 0 Å². The Kier molecular flexibility index (Phi) is 8.57. The number of hydrogen-bond donors (Lipinski definition) is 2. The number of aliphatic hydroxyl groups excluding tert-OH is 1. The lowest BCUT2D eigenvalue weighted by atomic mass is 10.2. The first-order valence-electron chi connectivity index (χ1n) is 5.14. The van der Waals surface area contributed by atoms with Gasteiger partial charge in [0.25, 0.3) is 0 Å². The summed E-state index contributed by atoms with van der Waals surface area (Å²) < 4.78 is 4.83. The third-order valence-electron chi connectivity index (χ3n) is 2.02. The molecule has 0 aromatic carbocycles. The van der Waals surface area contributed by atoms with E-state index in [-0.39, 0.29) is 12.0 Å². The smallest absolute Gasteiger partial charge is 0.220 e. The van der Waals surface area contributed by atoms with Crippen molar-refractivity contribution in [1.82, 2.24) is 5.32 Å². The minimum Gasteiger partial charge on any atom is -0.393 e. The molecule has 1 atom stereocenters. The summed E-state index contributed by atoms with van der Waals surface area (Å²) in [4.78, 5) is 11.1. The van der Waals surface area contributed by atoms with Crippen LogP contribution in [-0.4, -0.2) is 37.4 Å². The van der Waals surface area contributed by atoms with Gasteiger partial charge >= 0.3 is 0 Å². The third kappa shape index (κ3) is 8.01. The monoisotopic (exact) mass is 203 g/mol. The Morgan fingerprint density at radius 2 is 2.29 bits per heavy atom. The second kappa shape index (κ2) is 8.97. The molecule has 0 fully saturated rings. The molecule has 0 aliphatic rings. The maximum Gasteiger partial charge on any atom is 0.220 e. The number of carbonyl (C=O) groups is 1. The van der Waals surface area contributed by atoms with Crippen LogP contribution in [0.25, 0.3) is 0 Å². The molecule has 0 radical (unpaired) electrons. The second-order valence-corrected chi connectivity index (χ2v) is 3.30. The molecular weight excluding hydrogens is 182 g/mol. The number of hydrogen-bond acceptors (Lipinski definition) is 3. The van der Waals surface area contributed by atoms with Gasteiger partial charge in [-0.1, -0.05) is 6.92 Å². The SMILES string of the molecule is CCC(O)CCNC(=O)CCCOC. The van der Waals surface area contributed by atoms with E-state index in [1.54, 1.807) is 7.11 Å². The van der Waals surface area contributed by atoms with Crippen LogP contribution in [0.2, 0.25) is 0 Å². The highest BCUT2D eigenvalue weighted by molar-refractivity contribution is 5.75. The number of ether oxygens (including phenoxy) is 1. The Morgan fingerprint density at radius 1 is 1.57 bits per heavy atom. The van der Waals surface area contributed by atoms with Crippen LogP contribution < -0.4 is 5.32 Å². The van der Waals surface area contributed by atoms with E-state index in [1.165, 1.54) is 0 Å². The molecule has 0 saturated carbocycles. The summed E-state index contributed by atoms with van der Waals surface area (Å²) >= 11 is 0. The Bertz CT molecular complexity index is 150. The van der Waals surface area contributed by atoms with E-state index in [0.717, 1.165) is 12.8 Å². The van der Waals surface area contributed by atoms with Gasteiger partial charge < -0.3 is 15.2 Å². The number of rotatable bonds is 8. The first-order chi connectivity index (χ1) is 6.70. The summed E-state index contributed by atoms with van der Waals surface area (Å²) in [5, 5.41) is 12.0. The molecule has 1 unspecified atom stereocenters. The van der Waals surface area contributed by atoms with Crippen LogP contribution in [-0.2, 0) is 9.53 Å². The summed E-state index contributed by atoms with van der Waals surface area (Å²) in [7, 11) is 1.62. The second-order valence-electron chi connectivity index (χ2n) is 3.30. The summed E-state index contributed by atoms with van der Waals surface area (Å²) in [5.41, 5.74) is 0. The fourth-order valence-electron chi connectivity index (χ4n) is 1.05. The van der Waals surface area contributed by atoms with Crippen LogP contribution in [0.3, 0.4) is 0 Å². The van der Waals surface area contributed by atoms with Gasteiger partial charge in [0.05, 0.1) is 6.10 Å². The summed E-state index contributed by atoms with van der Waals surface area (Å²) in [6.07, 6.45) is 2.31. The van der Waals surface area contributed by atoms with E-state index < -0.39 is 0 Å². The van der Waals surface area contributed by atoms with E-state index >= 15 is 0 Å². The van der Waals surface area contributed by atoms with Crippen molar-refractivity contribution >= 4 is 5.91 Å². The summed E-state index contributed by atoms with van der Waals surface area (Å²) in [6.45, 7) is 3.09. The number of nitrogens with one attached hydrogen (secondary N) is 1. The molecule has 2 N–H and O–H groups in total. The molecule has 1 amide bonds. The predicted molar refractivity (Wildman–Crippen MR) is 55.0 cm³/mol. The number of aliphatic hydroxyl groups is 1. The Hall–Kier alpha value is -0.610. The quantitative estimate of drug-likeness (QED) is 0.571. The van der Waals surface area contributed by atoms with Crippen molar-refractivity contribution in [3.8, 4) is 0 Å². The third-order valence-corrected chi connectivity index (χ3v) is 2.02. The maximum atomic E-state index is 11.1. The molecule has 84 valence electrons. The Morgan fingerprint density at radius 3 is 2.86 bits per heavy atom. The molecule has 0 spiro atoms.